The number of rotatable bonds is 2. The Labute approximate surface area is 105 Å². The molecule has 1 aromatic rings. The molecule has 5 nitrogen and oxygen atoms in total. The normalized spacial score (nSPS) is 25.0. The lowest BCUT2D eigenvalue weighted by molar-refractivity contribution is -0.0105. The number of aliphatic hydroxyl groups excluding tert-OH is 1. The number of ether oxygens (including phenoxy) is 1. The van der Waals surface area contributed by atoms with E-state index >= 15 is 0 Å². The Morgan fingerprint density at radius 3 is 3.12 bits per heavy atom. The monoisotopic (exact) mass is 257 g/mol. The summed E-state index contributed by atoms with van der Waals surface area (Å²) >= 11 is 5.82. The second-order valence-electron chi connectivity index (χ2n) is 4.21. The van der Waals surface area contributed by atoms with E-state index in [0.717, 1.165) is 0 Å². The molecule has 3 N–H and O–H groups in total. The van der Waals surface area contributed by atoms with Crippen LogP contribution in [-0.4, -0.2) is 42.0 Å². The summed E-state index contributed by atoms with van der Waals surface area (Å²) < 4.78 is 5.47. The summed E-state index contributed by atoms with van der Waals surface area (Å²) in [5.41, 5.74) is 6.45. The van der Waals surface area contributed by atoms with E-state index in [2.05, 4.69) is 4.98 Å². The molecule has 1 fully saturated rings. The fourth-order valence-corrected chi connectivity index (χ4v) is 2.08. The summed E-state index contributed by atoms with van der Waals surface area (Å²) in [6.07, 6.45) is 1.38. The van der Waals surface area contributed by atoms with Crippen LogP contribution in [0.15, 0.2) is 12.3 Å². The molecule has 0 amide bonds. The zero-order valence-electron chi connectivity index (χ0n) is 9.64. The van der Waals surface area contributed by atoms with E-state index in [4.69, 9.17) is 27.2 Å². The van der Waals surface area contributed by atoms with Gasteiger partial charge in [-0.05, 0) is 13.0 Å². The number of aliphatic hydroxyl groups is 1. The zero-order chi connectivity index (χ0) is 12.4. The molecule has 2 heterocycles. The first-order valence-electron chi connectivity index (χ1n) is 5.52. The molecule has 0 saturated carbocycles. The van der Waals surface area contributed by atoms with Crippen molar-refractivity contribution in [3.63, 3.8) is 0 Å². The van der Waals surface area contributed by atoms with Crippen LogP contribution in [0.5, 0.6) is 0 Å². The molecule has 0 radical (unpaired) electrons. The molecular weight excluding hydrogens is 242 g/mol. The van der Waals surface area contributed by atoms with E-state index in [0.29, 0.717) is 29.7 Å². The van der Waals surface area contributed by atoms with Gasteiger partial charge in [-0.25, -0.2) is 4.98 Å². The molecule has 2 unspecified atom stereocenters. The summed E-state index contributed by atoms with van der Waals surface area (Å²) in [7, 11) is 0. The van der Waals surface area contributed by atoms with Crippen LogP contribution >= 0.6 is 11.6 Å². The van der Waals surface area contributed by atoms with Crippen molar-refractivity contribution in [3.8, 4) is 0 Å². The summed E-state index contributed by atoms with van der Waals surface area (Å²) in [5.74, 6) is 0.698. The first kappa shape index (κ1) is 12.4. The largest absolute Gasteiger partial charge is 0.396 e. The van der Waals surface area contributed by atoms with Gasteiger partial charge >= 0.3 is 0 Å². The summed E-state index contributed by atoms with van der Waals surface area (Å²) in [6.45, 7) is 3.16. The Kier molecular flexibility index (Phi) is 3.71. The molecule has 0 aliphatic carbocycles. The average Bonchev–Trinajstić information content (AvgIpc) is 2.30. The highest BCUT2D eigenvalue weighted by Crippen LogP contribution is 2.27. The highest BCUT2D eigenvalue weighted by Gasteiger charge is 2.27. The SMILES string of the molecule is CC1COC(CO)CN1c1ncc(Cl)cc1N. The van der Waals surface area contributed by atoms with Crippen molar-refractivity contribution >= 4 is 23.1 Å². The van der Waals surface area contributed by atoms with Crippen LogP contribution < -0.4 is 10.6 Å². The highest BCUT2D eigenvalue weighted by atomic mass is 35.5. The van der Waals surface area contributed by atoms with Gasteiger partial charge in [-0.3, -0.25) is 0 Å². The Bertz CT molecular complexity index is 402. The van der Waals surface area contributed by atoms with Gasteiger partial charge in [-0.1, -0.05) is 11.6 Å². The number of nitrogens with two attached hydrogens (primary N) is 1. The molecule has 0 spiro atoms. The van der Waals surface area contributed by atoms with Gasteiger partial charge in [0.25, 0.3) is 0 Å². The van der Waals surface area contributed by atoms with Gasteiger partial charge < -0.3 is 20.5 Å². The smallest absolute Gasteiger partial charge is 0.152 e. The maximum Gasteiger partial charge on any atom is 0.152 e. The van der Waals surface area contributed by atoms with Crippen molar-refractivity contribution in [3.05, 3.63) is 17.3 Å². The number of aromatic nitrogens is 1. The van der Waals surface area contributed by atoms with Gasteiger partial charge in [0, 0.05) is 12.7 Å². The van der Waals surface area contributed by atoms with Crippen LogP contribution in [0.2, 0.25) is 5.02 Å². The molecule has 94 valence electrons. The van der Waals surface area contributed by atoms with Crippen LogP contribution in [0, 0.1) is 0 Å². The Balaban J connectivity index is 2.24. The maximum absolute atomic E-state index is 9.13. The highest BCUT2D eigenvalue weighted by molar-refractivity contribution is 6.30. The standard InChI is InChI=1S/C11H16ClN3O2/c1-7-6-17-9(5-16)4-15(7)11-10(13)2-8(12)3-14-11/h2-3,7,9,16H,4-6,13H2,1H3. The first-order valence-corrected chi connectivity index (χ1v) is 5.89. The lowest BCUT2D eigenvalue weighted by Gasteiger charge is -2.38. The van der Waals surface area contributed by atoms with E-state index in [1.54, 1.807) is 12.3 Å². The minimum absolute atomic E-state index is 0.00326. The third-order valence-corrected chi connectivity index (χ3v) is 3.05. The molecule has 1 aliphatic rings. The number of nitrogen functional groups attached to an aromatic ring is 1. The topological polar surface area (TPSA) is 71.6 Å². The molecule has 1 saturated heterocycles. The fourth-order valence-electron chi connectivity index (χ4n) is 1.91. The first-order chi connectivity index (χ1) is 8.11. The minimum atomic E-state index is -0.192. The molecule has 1 aromatic heterocycles. The van der Waals surface area contributed by atoms with Crippen LogP contribution in [0.4, 0.5) is 11.5 Å². The molecule has 2 rings (SSSR count). The van der Waals surface area contributed by atoms with Crippen molar-refractivity contribution in [1.29, 1.82) is 0 Å². The molecule has 6 heteroatoms. The number of pyridine rings is 1. The third kappa shape index (κ3) is 2.62. The van der Waals surface area contributed by atoms with Crippen molar-refractivity contribution < 1.29 is 9.84 Å². The van der Waals surface area contributed by atoms with Crippen molar-refractivity contribution in [2.75, 3.05) is 30.4 Å². The number of nitrogens with zero attached hydrogens (tertiary/aromatic N) is 2. The van der Waals surface area contributed by atoms with E-state index in [9.17, 15) is 0 Å². The Hall–Kier alpha value is -1.04. The van der Waals surface area contributed by atoms with Gasteiger partial charge in [0.2, 0.25) is 0 Å². The predicted octanol–water partition coefficient (Wildman–Crippen LogP) is 0.903. The van der Waals surface area contributed by atoms with E-state index in [1.807, 2.05) is 11.8 Å². The fraction of sp³-hybridized carbons (Fsp3) is 0.545. The number of halogens is 1. The van der Waals surface area contributed by atoms with E-state index in [1.165, 1.54) is 0 Å². The molecule has 0 bridgehead atoms. The third-order valence-electron chi connectivity index (χ3n) is 2.84. The summed E-state index contributed by atoms with van der Waals surface area (Å²) in [5, 5.41) is 9.65. The predicted molar refractivity (Wildman–Crippen MR) is 67.3 cm³/mol. The minimum Gasteiger partial charge on any atom is -0.396 e. The van der Waals surface area contributed by atoms with E-state index in [-0.39, 0.29) is 18.8 Å². The number of hydrogen-bond donors (Lipinski definition) is 2. The van der Waals surface area contributed by atoms with Crippen LogP contribution in [0.3, 0.4) is 0 Å². The van der Waals surface area contributed by atoms with Crippen LogP contribution in [0.25, 0.3) is 0 Å². The lowest BCUT2D eigenvalue weighted by atomic mass is 10.2. The van der Waals surface area contributed by atoms with E-state index < -0.39 is 0 Å². The van der Waals surface area contributed by atoms with Crippen LogP contribution in [-0.2, 0) is 4.74 Å². The Morgan fingerprint density at radius 1 is 1.71 bits per heavy atom. The molecular formula is C11H16ClN3O2. The number of morpholine rings is 1. The zero-order valence-corrected chi connectivity index (χ0v) is 10.4. The second-order valence-corrected chi connectivity index (χ2v) is 4.64. The van der Waals surface area contributed by atoms with Gasteiger partial charge in [0.1, 0.15) is 0 Å². The molecule has 17 heavy (non-hydrogen) atoms. The summed E-state index contributed by atoms with van der Waals surface area (Å²) in [4.78, 5) is 6.29. The van der Waals surface area contributed by atoms with Gasteiger partial charge in [0.15, 0.2) is 5.82 Å². The quantitative estimate of drug-likeness (QED) is 0.824. The second kappa shape index (κ2) is 5.08. The molecule has 2 atom stereocenters. The Morgan fingerprint density at radius 2 is 2.47 bits per heavy atom. The van der Waals surface area contributed by atoms with Gasteiger partial charge in [-0.15, -0.1) is 0 Å². The van der Waals surface area contributed by atoms with Gasteiger partial charge in [-0.2, -0.15) is 0 Å². The number of anilines is 2. The van der Waals surface area contributed by atoms with Gasteiger partial charge in [0.05, 0.1) is 36.1 Å². The van der Waals surface area contributed by atoms with Crippen LogP contribution in [0.1, 0.15) is 6.92 Å². The van der Waals surface area contributed by atoms with Crippen molar-refractivity contribution in [1.82, 2.24) is 4.98 Å². The number of hydrogen-bond acceptors (Lipinski definition) is 5. The summed E-state index contributed by atoms with van der Waals surface area (Å²) in [6, 6.07) is 1.86. The molecule has 1 aliphatic heterocycles. The van der Waals surface area contributed by atoms with Crippen molar-refractivity contribution in [2.45, 2.75) is 19.1 Å². The molecule has 0 aromatic carbocycles. The average molecular weight is 258 g/mol. The van der Waals surface area contributed by atoms with Crippen molar-refractivity contribution in [2.24, 2.45) is 0 Å². The lowest BCUT2D eigenvalue weighted by Crippen LogP contribution is -2.50. The maximum atomic E-state index is 9.13.